The maximum atomic E-state index is 13.2. The second-order valence-corrected chi connectivity index (χ2v) is 7.11. The van der Waals surface area contributed by atoms with E-state index in [1.54, 1.807) is 45.0 Å². The summed E-state index contributed by atoms with van der Waals surface area (Å²) in [6.45, 7) is 2.41. The summed E-state index contributed by atoms with van der Waals surface area (Å²) in [5.41, 5.74) is 1.92. The van der Waals surface area contributed by atoms with Crippen LogP contribution in [0, 0.1) is 5.82 Å². The van der Waals surface area contributed by atoms with E-state index in [1.807, 2.05) is 7.05 Å². The topological polar surface area (TPSA) is 85.0 Å². The van der Waals surface area contributed by atoms with Crippen LogP contribution in [0.15, 0.2) is 49.3 Å². The van der Waals surface area contributed by atoms with Crippen molar-refractivity contribution in [3.63, 3.8) is 0 Å². The van der Waals surface area contributed by atoms with Gasteiger partial charge < -0.3 is 9.80 Å². The summed E-state index contributed by atoms with van der Waals surface area (Å²) >= 11 is 0. The molecule has 1 aromatic carbocycles. The van der Waals surface area contributed by atoms with Gasteiger partial charge in [-0.2, -0.15) is 5.10 Å². The van der Waals surface area contributed by atoms with Crippen LogP contribution in [0.5, 0.6) is 0 Å². The number of imidazole rings is 1. The molecule has 1 saturated heterocycles. The van der Waals surface area contributed by atoms with E-state index in [4.69, 9.17) is 0 Å². The van der Waals surface area contributed by atoms with Gasteiger partial charge in [-0.05, 0) is 24.3 Å². The van der Waals surface area contributed by atoms with Crippen LogP contribution in [-0.2, 0) is 7.05 Å². The van der Waals surface area contributed by atoms with Gasteiger partial charge in [0.2, 0.25) is 0 Å². The van der Waals surface area contributed by atoms with Crippen LogP contribution in [0.25, 0.3) is 16.7 Å². The van der Waals surface area contributed by atoms with E-state index in [0.29, 0.717) is 37.6 Å². The number of anilines is 1. The molecule has 0 bridgehead atoms. The molecule has 9 nitrogen and oxygen atoms in total. The Balaban J connectivity index is 1.33. The van der Waals surface area contributed by atoms with Crippen LogP contribution in [-0.4, -0.2) is 66.3 Å². The van der Waals surface area contributed by atoms with Gasteiger partial charge in [-0.1, -0.05) is 0 Å². The van der Waals surface area contributed by atoms with Crippen molar-refractivity contribution in [2.24, 2.45) is 7.05 Å². The summed E-state index contributed by atoms with van der Waals surface area (Å²) < 4.78 is 16.6. The number of hydrogen-bond acceptors (Lipinski definition) is 6. The molecule has 1 aliphatic heterocycles. The summed E-state index contributed by atoms with van der Waals surface area (Å²) in [5.74, 6) is 0.401. The van der Waals surface area contributed by atoms with Crippen LogP contribution in [0.4, 0.5) is 10.2 Å². The predicted octanol–water partition coefficient (Wildman–Crippen LogP) is 1.65. The minimum absolute atomic E-state index is 0.106. The Bertz CT molecular complexity index is 1210. The number of carbonyl (C=O) groups is 1. The smallest absolute Gasteiger partial charge is 0.272 e. The molecule has 1 amide bonds. The minimum atomic E-state index is -0.324. The molecule has 3 aromatic heterocycles. The highest BCUT2D eigenvalue weighted by molar-refractivity contribution is 5.93. The average Bonchev–Trinajstić information content (AvgIpc) is 3.41. The third-order valence-corrected chi connectivity index (χ3v) is 5.34. The normalized spacial score (nSPS) is 14.5. The third-order valence-electron chi connectivity index (χ3n) is 5.34. The number of fused-ring (bicyclic) bond motifs is 1. The van der Waals surface area contributed by atoms with Crippen LogP contribution in [0.3, 0.4) is 0 Å². The molecule has 5 rings (SSSR count). The molecule has 1 aliphatic rings. The maximum absolute atomic E-state index is 13.2. The molecule has 152 valence electrons. The molecular weight excluding hydrogens is 387 g/mol. The number of piperazine rings is 1. The molecule has 0 radical (unpaired) electrons. The number of carbonyl (C=O) groups excluding carboxylic acids is 1. The molecule has 0 saturated carbocycles. The Hall–Kier alpha value is -3.82. The minimum Gasteiger partial charge on any atom is -0.352 e. The van der Waals surface area contributed by atoms with E-state index in [2.05, 4.69) is 25.0 Å². The number of halogens is 1. The Morgan fingerprint density at radius 3 is 2.57 bits per heavy atom. The number of aryl methyl sites for hydroxylation is 1. The fourth-order valence-corrected chi connectivity index (χ4v) is 3.75. The van der Waals surface area contributed by atoms with Crippen molar-refractivity contribution in [3.05, 3.63) is 60.8 Å². The summed E-state index contributed by atoms with van der Waals surface area (Å²) in [6.07, 6.45) is 6.42. The zero-order valence-corrected chi connectivity index (χ0v) is 16.3. The molecule has 0 N–H and O–H groups in total. The van der Waals surface area contributed by atoms with Crippen molar-refractivity contribution >= 4 is 22.8 Å². The highest BCUT2D eigenvalue weighted by Crippen LogP contribution is 2.24. The monoisotopic (exact) mass is 406 g/mol. The lowest BCUT2D eigenvalue weighted by atomic mass is 10.2. The summed E-state index contributed by atoms with van der Waals surface area (Å²) in [4.78, 5) is 29.9. The van der Waals surface area contributed by atoms with Crippen molar-refractivity contribution in [3.8, 4) is 5.69 Å². The van der Waals surface area contributed by atoms with Crippen LogP contribution >= 0.6 is 0 Å². The quantitative estimate of drug-likeness (QED) is 0.514. The highest BCUT2D eigenvalue weighted by Gasteiger charge is 2.26. The SMILES string of the molecule is Cn1ncc2c(N3CCN(C(=O)c4cncn4-c4ccc(F)cc4)CC3)ncnc21. The van der Waals surface area contributed by atoms with Crippen LogP contribution < -0.4 is 4.90 Å². The van der Waals surface area contributed by atoms with Crippen molar-refractivity contribution < 1.29 is 9.18 Å². The lowest BCUT2D eigenvalue weighted by molar-refractivity contribution is 0.0738. The molecule has 10 heteroatoms. The maximum Gasteiger partial charge on any atom is 0.272 e. The van der Waals surface area contributed by atoms with Crippen molar-refractivity contribution in [2.75, 3.05) is 31.1 Å². The fourth-order valence-electron chi connectivity index (χ4n) is 3.75. The summed E-state index contributed by atoms with van der Waals surface area (Å²) in [7, 11) is 1.85. The zero-order chi connectivity index (χ0) is 20.7. The first kappa shape index (κ1) is 18.2. The second kappa shape index (κ2) is 7.21. The predicted molar refractivity (Wildman–Crippen MR) is 108 cm³/mol. The number of hydrogen-bond donors (Lipinski definition) is 0. The van der Waals surface area contributed by atoms with Crippen LogP contribution in [0.1, 0.15) is 10.5 Å². The van der Waals surface area contributed by atoms with E-state index in [1.165, 1.54) is 18.5 Å². The van der Waals surface area contributed by atoms with Gasteiger partial charge in [-0.25, -0.2) is 19.3 Å². The molecule has 0 atom stereocenters. The first-order valence-electron chi connectivity index (χ1n) is 9.57. The van der Waals surface area contributed by atoms with E-state index in [9.17, 15) is 9.18 Å². The lowest BCUT2D eigenvalue weighted by Crippen LogP contribution is -2.49. The van der Waals surface area contributed by atoms with E-state index in [0.717, 1.165) is 16.9 Å². The Morgan fingerprint density at radius 2 is 1.80 bits per heavy atom. The van der Waals surface area contributed by atoms with Gasteiger partial charge in [0.05, 0.1) is 24.1 Å². The fraction of sp³-hybridized carbons (Fsp3) is 0.250. The lowest BCUT2D eigenvalue weighted by Gasteiger charge is -2.35. The average molecular weight is 406 g/mol. The van der Waals surface area contributed by atoms with Gasteiger partial charge in [-0.15, -0.1) is 0 Å². The van der Waals surface area contributed by atoms with Gasteiger partial charge in [0.25, 0.3) is 5.91 Å². The highest BCUT2D eigenvalue weighted by atomic mass is 19.1. The molecule has 30 heavy (non-hydrogen) atoms. The third kappa shape index (κ3) is 3.06. The molecular formula is C20H19FN8O. The Labute approximate surface area is 171 Å². The molecule has 0 spiro atoms. The van der Waals surface area contributed by atoms with Crippen molar-refractivity contribution in [2.45, 2.75) is 0 Å². The second-order valence-electron chi connectivity index (χ2n) is 7.11. The number of aromatic nitrogens is 6. The van der Waals surface area contributed by atoms with Gasteiger partial charge in [0, 0.05) is 38.9 Å². The first-order chi connectivity index (χ1) is 14.6. The van der Waals surface area contributed by atoms with E-state index < -0.39 is 0 Å². The van der Waals surface area contributed by atoms with Crippen LogP contribution in [0.2, 0.25) is 0 Å². The number of amides is 1. The summed E-state index contributed by atoms with van der Waals surface area (Å²) in [6, 6.07) is 5.98. The molecule has 0 unspecified atom stereocenters. The molecule has 4 heterocycles. The van der Waals surface area contributed by atoms with Gasteiger partial charge in [-0.3, -0.25) is 14.0 Å². The van der Waals surface area contributed by atoms with Gasteiger partial charge >= 0.3 is 0 Å². The molecule has 4 aromatic rings. The van der Waals surface area contributed by atoms with Gasteiger partial charge in [0.15, 0.2) is 5.65 Å². The number of nitrogens with zero attached hydrogens (tertiary/aromatic N) is 8. The standard InChI is InChI=1S/C20H19FN8O/c1-26-18-16(10-25-26)19(24-12-23-18)27-6-8-28(9-7-27)20(30)17-11-22-13-29(17)15-4-2-14(21)3-5-15/h2-5,10-13H,6-9H2,1H3. The Kier molecular flexibility index (Phi) is 4.38. The van der Waals surface area contributed by atoms with Crippen molar-refractivity contribution in [1.82, 2.24) is 34.2 Å². The number of benzene rings is 1. The first-order valence-corrected chi connectivity index (χ1v) is 9.57. The Morgan fingerprint density at radius 1 is 1.03 bits per heavy atom. The number of rotatable bonds is 3. The molecule has 0 aliphatic carbocycles. The van der Waals surface area contributed by atoms with Crippen molar-refractivity contribution in [1.29, 1.82) is 0 Å². The van der Waals surface area contributed by atoms with E-state index in [-0.39, 0.29) is 11.7 Å². The van der Waals surface area contributed by atoms with E-state index >= 15 is 0 Å². The van der Waals surface area contributed by atoms with Gasteiger partial charge in [0.1, 0.15) is 23.7 Å². The summed E-state index contributed by atoms with van der Waals surface area (Å²) in [5, 5.41) is 5.16. The molecule has 1 fully saturated rings. The zero-order valence-electron chi connectivity index (χ0n) is 16.3. The largest absolute Gasteiger partial charge is 0.352 e.